The van der Waals surface area contributed by atoms with Gasteiger partial charge in [-0.05, 0) is 36.8 Å². The van der Waals surface area contributed by atoms with Crippen LogP contribution in [-0.2, 0) is 26.0 Å². The highest BCUT2D eigenvalue weighted by Gasteiger charge is 2.24. The number of sulfonamides is 1. The first-order chi connectivity index (χ1) is 13.6. The predicted molar refractivity (Wildman–Crippen MR) is 110 cm³/mol. The normalized spacial score (nSPS) is 13.1. The Kier molecular flexibility index (Phi) is 7.62. The van der Waals surface area contributed by atoms with Crippen molar-refractivity contribution in [2.75, 3.05) is 13.7 Å². The van der Waals surface area contributed by atoms with Crippen LogP contribution in [0.3, 0.4) is 0 Å². The minimum atomic E-state index is -3.69. The molecule has 0 bridgehead atoms. The van der Waals surface area contributed by atoms with Crippen molar-refractivity contribution < 1.29 is 23.1 Å². The van der Waals surface area contributed by atoms with Gasteiger partial charge in [0, 0.05) is 23.2 Å². The molecule has 0 aliphatic heterocycles. The Hall–Kier alpha value is -2.60. The molecule has 11 heteroatoms. The summed E-state index contributed by atoms with van der Waals surface area (Å²) in [4.78, 5) is 13.0. The van der Waals surface area contributed by atoms with Crippen LogP contribution in [0.4, 0.5) is 0 Å². The van der Waals surface area contributed by atoms with E-state index in [2.05, 4.69) is 4.72 Å². The van der Waals surface area contributed by atoms with Gasteiger partial charge < -0.3 is 20.6 Å². The molecule has 1 atom stereocenters. The molecule has 1 aromatic carbocycles. The third kappa shape index (κ3) is 6.46. The van der Waals surface area contributed by atoms with Crippen LogP contribution in [0.25, 0.3) is 0 Å². The number of methoxy groups -OCH3 is 1. The maximum Gasteiger partial charge on any atom is 0.330 e. The zero-order valence-electron chi connectivity index (χ0n) is 16.0. The van der Waals surface area contributed by atoms with Crippen molar-refractivity contribution in [1.82, 2.24) is 9.73 Å². The first kappa shape index (κ1) is 22.7. The largest absolute Gasteiger partial charge is 0.508 e. The number of aromatic hydroxyl groups is 1. The van der Waals surface area contributed by atoms with Crippen LogP contribution in [0.5, 0.6) is 5.75 Å². The van der Waals surface area contributed by atoms with Crippen LogP contribution in [0.1, 0.15) is 10.4 Å². The van der Waals surface area contributed by atoms with E-state index in [0.717, 1.165) is 26.8 Å². The van der Waals surface area contributed by atoms with Gasteiger partial charge >= 0.3 is 5.97 Å². The van der Waals surface area contributed by atoms with Gasteiger partial charge in [-0.15, -0.1) is 11.3 Å². The Labute approximate surface area is 173 Å². The van der Waals surface area contributed by atoms with Crippen molar-refractivity contribution in [3.05, 3.63) is 58.7 Å². The number of benzene rings is 1. The van der Waals surface area contributed by atoms with Gasteiger partial charge in [0.25, 0.3) is 0 Å². The summed E-state index contributed by atoms with van der Waals surface area (Å²) < 4.78 is 31.9. The maximum absolute atomic E-state index is 12.3. The Balaban J connectivity index is 2.07. The van der Waals surface area contributed by atoms with Crippen LogP contribution in [-0.4, -0.2) is 44.2 Å². The van der Waals surface area contributed by atoms with Crippen molar-refractivity contribution >= 4 is 27.3 Å². The van der Waals surface area contributed by atoms with E-state index < -0.39 is 22.0 Å². The number of phenolic OH excluding ortho intramolecular Hbond substituents is 1. The smallest absolute Gasteiger partial charge is 0.330 e. The van der Waals surface area contributed by atoms with Gasteiger partial charge in [-0.3, -0.25) is 0 Å². The summed E-state index contributed by atoms with van der Waals surface area (Å²) in [5, 5.41) is 10.5. The molecule has 6 N–H and O–H groups in total. The number of hydrogen-bond acceptors (Lipinski definition) is 9. The second kappa shape index (κ2) is 9.74. The summed E-state index contributed by atoms with van der Waals surface area (Å²) in [6.07, 6.45) is 1.48. The molecule has 0 spiro atoms. The molecule has 158 valence electrons. The standard InChI is InChI=1S/C18H24N4O5S2/c1-12-3-8-17(28-12)29(25,26)21-10-14(19)11-22(20)16(18(24)27-2)9-13-4-6-15(23)7-5-13/h3-8,11,16,21,23H,9-10,19-20H2,1-2H3/b14-11-/t16-/m0/s1. The molecule has 0 aliphatic rings. The average Bonchev–Trinajstić information content (AvgIpc) is 3.12. The molecular formula is C18H24N4O5S2. The molecule has 0 saturated heterocycles. The Morgan fingerprint density at radius 1 is 1.31 bits per heavy atom. The fourth-order valence-electron chi connectivity index (χ4n) is 2.43. The van der Waals surface area contributed by atoms with E-state index in [1.807, 2.05) is 6.92 Å². The molecule has 0 radical (unpaired) electrons. The lowest BCUT2D eigenvalue weighted by Gasteiger charge is -2.24. The number of aryl methyl sites for hydroxylation is 1. The Morgan fingerprint density at radius 2 is 1.97 bits per heavy atom. The monoisotopic (exact) mass is 440 g/mol. The molecule has 2 aromatic rings. The Bertz CT molecular complexity index is 970. The van der Waals surface area contributed by atoms with E-state index in [-0.39, 0.29) is 28.6 Å². The van der Waals surface area contributed by atoms with E-state index in [4.69, 9.17) is 16.3 Å². The molecule has 0 aliphatic carbocycles. The summed E-state index contributed by atoms with van der Waals surface area (Å²) >= 11 is 1.15. The number of nitrogens with two attached hydrogens (primary N) is 2. The third-order valence-corrected chi connectivity index (χ3v) is 6.85. The lowest BCUT2D eigenvalue weighted by molar-refractivity contribution is -0.146. The summed E-state index contributed by atoms with van der Waals surface area (Å²) in [6, 6.07) is 8.64. The highest BCUT2D eigenvalue weighted by molar-refractivity contribution is 7.91. The minimum absolute atomic E-state index is 0.102. The van der Waals surface area contributed by atoms with E-state index in [1.165, 1.54) is 31.5 Å². The molecular weight excluding hydrogens is 416 g/mol. The molecule has 1 heterocycles. The molecule has 0 unspecified atom stereocenters. The summed E-state index contributed by atoms with van der Waals surface area (Å²) in [7, 11) is -2.45. The molecule has 0 fully saturated rings. The average molecular weight is 441 g/mol. The lowest BCUT2D eigenvalue weighted by atomic mass is 10.1. The van der Waals surface area contributed by atoms with Gasteiger partial charge in [0.15, 0.2) is 0 Å². The Morgan fingerprint density at radius 3 is 2.52 bits per heavy atom. The van der Waals surface area contributed by atoms with Gasteiger partial charge in [0.05, 0.1) is 13.7 Å². The highest BCUT2D eigenvalue weighted by atomic mass is 32.2. The first-order valence-electron chi connectivity index (χ1n) is 8.53. The van der Waals surface area contributed by atoms with Gasteiger partial charge in [0.2, 0.25) is 10.0 Å². The SMILES string of the molecule is COC(=O)[C@H](Cc1ccc(O)cc1)N(N)/C=C(\N)CNS(=O)(=O)c1ccc(C)s1. The van der Waals surface area contributed by atoms with E-state index >= 15 is 0 Å². The molecule has 1 aromatic heterocycles. The zero-order chi connectivity index (χ0) is 21.6. The van der Waals surface area contributed by atoms with Gasteiger partial charge in [0.1, 0.15) is 16.0 Å². The number of hydrogen-bond donors (Lipinski definition) is 4. The molecule has 29 heavy (non-hydrogen) atoms. The van der Waals surface area contributed by atoms with Crippen molar-refractivity contribution in [1.29, 1.82) is 0 Å². The maximum atomic E-state index is 12.3. The molecule has 2 rings (SSSR count). The summed E-state index contributed by atoms with van der Waals surface area (Å²) in [5.41, 5.74) is 6.75. The van der Waals surface area contributed by atoms with E-state index in [1.54, 1.807) is 18.2 Å². The number of esters is 1. The van der Waals surface area contributed by atoms with Crippen LogP contribution >= 0.6 is 11.3 Å². The van der Waals surface area contributed by atoms with Crippen molar-refractivity contribution in [3.8, 4) is 5.75 Å². The quantitative estimate of drug-likeness (QED) is 0.254. The lowest BCUT2D eigenvalue weighted by Crippen LogP contribution is -2.45. The topological polar surface area (TPSA) is 148 Å². The second-order valence-corrected chi connectivity index (χ2v) is 9.53. The third-order valence-electron chi connectivity index (χ3n) is 3.96. The van der Waals surface area contributed by atoms with Crippen molar-refractivity contribution in [2.24, 2.45) is 11.6 Å². The number of nitrogens with one attached hydrogen (secondary N) is 1. The number of hydrazine groups is 1. The highest BCUT2D eigenvalue weighted by Crippen LogP contribution is 2.20. The predicted octanol–water partition coefficient (Wildman–Crippen LogP) is 0.801. The van der Waals surface area contributed by atoms with E-state index in [9.17, 15) is 18.3 Å². The van der Waals surface area contributed by atoms with Gasteiger partial charge in [-0.1, -0.05) is 12.1 Å². The summed E-state index contributed by atoms with van der Waals surface area (Å²) in [5.74, 6) is 5.50. The summed E-state index contributed by atoms with van der Waals surface area (Å²) in [6.45, 7) is 1.63. The van der Waals surface area contributed by atoms with Gasteiger partial charge in [-0.2, -0.15) is 0 Å². The number of thiophene rings is 1. The van der Waals surface area contributed by atoms with E-state index in [0.29, 0.717) is 0 Å². The molecule has 9 nitrogen and oxygen atoms in total. The zero-order valence-corrected chi connectivity index (χ0v) is 17.7. The fraction of sp³-hybridized carbons (Fsp3) is 0.278. The van der Waals surface area contributed by atoms with Crippen LogP contribution < -0.4 is 16.3 Å². The van der Waals surface area contributed by atoms with Crippen LogP contribution in [0.15, 0.2) is 52.5 Å². The van der Waals surface area contributed by atoms with Crippen LogP contribution in [0.2, 0.25) is 0 Å². The van der Waals surface area contributed by atoms with Gasteiger partial charge in [-0.25, -0.2) is 23.8 Å². The number of carbonyl (C=O) groups excluding carboxylic acids is 1. The number of nitrogens with zero attached hydrogens (tertiary/aromatic N) is 1. The molecule has 0 saturated carbocycles. The molecule has 0 amide bonds. The number of ether oxygens (including phenoxy) is 1. The first-order valence-corrected chi connectivity index (χ1v) is 10.8. The second-order valence-electron chi connectivity index (χ2n) is 6.25. The van der Waals surface area contributed by atoms with Crippen LogP contribution in [0, 0.1) is 6.92 Å². The van der Waals surface area contributed by atoms with Crippen molar-refractivity contribution in [2.45, 2.75) is 23.6 Å². The number of rotatable bonds is 9. The van der Waals surface area contributed by atoms with Crippen molar-refractivity contribution in [3.63, 3.8) is 0 Å². The number of carbonyl (C=O) groups is 1. The number of phenols is 1. The minimum Gasteiger partial charge on any atom is -0.508 e. The fourth-order valence-corrected chi connectivity index (χ4v) is 4.78.